The first kappa shape index (κ1) is 12.7. The fourth-order valence-electron chi connectivity index (χ4n) is 1.98. The highest BCUT2D eigenvalue weighted by molar-refractivity contribution is 7.80. The van der Waals surface area contributed by atoms with E-state index in [4.69, 9.17) is 12.2 Å². The number of aryl methyl sites for hydroxylation is 2. The molecule has 0 saturated carbocycles. The third-order valence-electron chi connectivity index (χ3n) is 2.76. The van der Waals surface area contributed by atoms with Crippen LogP contribution in [0.2, 0.25) is 0 Å². The summed E-state index contributed by atoms with van der Waals surface area (Å²) in [7, 11) is 3.36. The van der Waals surface area contributed by atoms with E-state index < -0.39 is 0 Å². The Balaban J connectivity index is 2.69. The van der Waals surface area contributed by atoms with Gasteiger partial charge in [-0.05, 0) is 47.7 Å². The molecule has 0 saturated heterocycles. The average Bonchev–Trinajstić information content (AvgIpc) is 2.74. The third-order valence-corrected chi connectivity index (χ3v) is 5.64. The second-order valence-electron chi connectivity index (χ2n) is 3.84. The Morgan fingerprint density at radius 3 is 2.06 bits per heavy atom. The number of aromatic hydroxyl groups is 1. The van der Waals surface area contributed by atoms with Gasteiger partial charge in [0.1, 0.15) is 9.57 Å². The van der Waals surface area contributed by atoms with E-state index in [1.165, 1.54) is 21.6 Å². The van der Waals surface area contributed by atoms with Crippen molar-refractivity contribution in [2.75, 3.05) is 0 Å². The van der Waals surface area contributed by atoms with Gasteiger partial charge in [-0.25, -0.2) is 0 Å². The molecule has 0 aliphatic rings. The first-order valence-electron chi connectivity index (χ1n) is 5.61. The molecule has 0 aliphatic heterocycles. The van der Waals surface area contributed by atoms with Crippen LogP contribution in [0.1, 0.15) is 25.0 Å². The van der Waals surface area contributed by atoms with Gasteiger partial charge in [-0.1, -0.05) is 46.7 Å². The number of phenols is 1. The normalized spacial score (nSPS) is 10.7. The van der Waals surface area contributed by atoms with Crippen LogP contribution < -0.4 is 0 Å². The number of benzene rings is 1. The zero-order valence-electron chi connectivity index (χ0n) is 9.82. The van der Waals surface area contributed by atoms with E-state index in [1.54, 1.807) is 20.7 Å². The molecule has 0 radical (unpaired) electrons. The highest BCUT2D eigenvalue weighted by Crippen LogP contribution is 2.37. The lowest BCUT2D eigenvalue weighted by Gasteiger charge is -2.12. The van der Waals surface area contributed by atoms with Gasteiger partial charge in [0.25, 0.3) is 0 Å². The van der Waals surface area contributed by atoms with E-state index in [1.807, 2.05) is 12.1 Å². The molecule has 1 N–H and O–H groups in total. The SMILES string of the molecule is CCc1cc(O)cc(CC)c1-c1cc(=S)ss1. The second-order valence-corrected chi connectivity index (χ2v) is 6.75. The van der Waals surface area contributed by atoms with Crippen LogP contribution in [-0.4, -0.2) is 5.11 Å². The molecule has 1 aromatic carbocycles. The largest absolute Gasteiger partial charge is 0.508 e. The molecule has 1 aromatic heterocycles. The van der Waals surface area contributed by atoms with Crippen molar-refractivity contribution in [2.24, 2.45) is 0 Å². The Morgan fingerprint density at radius 2 is 1.65 bits per heavy atom. The maximum Gasteiger partial charge on any atom is 0.116 e. The molecule has 90 valence electrons. The van der Waals surface area contributed by atoms with Crippen molar-refractivity contribution >= 4 is 32.9 Å². The average molecular weight is 282 g/mol. The minimum atomic E-state index is 0.362. The molecule has 1 nitrogen and oxygen atoms in total. The van der Waals surface area contributed by atoms with Gasteiger partial charge in [-0.15, -0.1) is 0 Å². The second kappa shape index (κ2) is 5.29. The van der Waals surface area contributed by atoms with Crippen LogP contribution >= 0.6 is 32.9 Å². The Labute approximate surface area is 114 Å². The van der Waals surface area contributed by atoms with Crippen LogP contribution in [0.3, 0.4) is 0 Å². The number of rotatable bonds is 3. The maximum atomic E-state index is 9.72. The lowest BCUT2D eigenvalue weighted by molar-refractivity contribution is 0.474. The molecule has 1 heterocycles. The monoisotopic (exact) mass is 282 g/mol. The molecule has 17 heavy (non-hydrogen) atoms. The van der Waals surface area contributed by atoms with Gasteiger partial charge in [0.2, 0.25) is 0 Å². The molecule has 0 amide bonds. The van der Waals surface area contributed by atoms with Crippen molar-refractivity contribution in [3.63, 3.8) is 0 Å². The molecular weight excluding hydrogens is 268 g/mol. The summed E-state index contributed by atoms with van der Waals surface area (Å²) in [5, 5.41) is 9.72. The lowest BCUT2D eigenvalue weighted by Crippen LogP contribution is -1.93. The number of hydrogen-bond donors (Lipinski definition) is 1. The van der Waals surface area contributed by atoms with Crippen LogP contribution in [0, 0.1) is 3.82 Å². The summed E-state index contributed by atoms with van der Waals surface area (Å²) in [6.07, 6.45) is 1.85. The van der Waals surface area contributed by atoms with Crippen molar-refractivity contribution < 1.29 is 5.11 Å². The van der Waals surface area contributed by atoms with E-state index in [0.29, 0.717) is 5.75 Å². The van der Waals surface area contributed by atoms with Gasteiger partial charge in [0.15, 0.2) is 0 Å². The maximum absolute atomic E-state index is 9.72. The first-order valence-corrected chi connectivity index (χ1v) is 8.16. The number of hydrogen-bond acceptors (Lipinski definition) is 4. The molecule has 0 bridgehead atoms. The topological polar surface area (TPSA) is 20.2 Å². The fraction of sp³-hybridized carbons (Fsp3) is 0.308. The van der Waals surface area contributed by atoms with Crippen molar-refractivity contribution in [3.8, 4) is 16.2 Å². The van der Waals surface area contributed by atoms with E-state index in [0.717, 1.165) is 16.7 Å². The van der Waals surface area contributed by atoms with Gasteiger partial charge in [-0.2, -0.15) is 0 Å². The summed E-state index contributed by atoms with van der Waals surface area (Å²) in [4.78, 5) is 1.23. The van der Waals surface area contributed by atoms with Crippen LogP contribution in [-0.2, 0) is 12.8 Å². The van der Waals surface area contributed by atoms with Crippen LogP contribution in [0.25, 0.3) is 10.4 Å². The van der Waals surface area contributed by atoms with E-state index in [-0.39, 0.29) is 0 Å². The Hall–Kier alpha value is -0.710. The van der Waals surface area contributed by atoms with Crippen LogP contribution in [0.15, 0.2) is 18.2 Å². The molecule has 0 fully saturated rings. The Morgan fingerprint density at radius 1 is 1.06 bits per heavy atom. The highest BCUT2D eigenvalue weighted by atomic mass is 32.9. The molecule has 0 spiro atoms. The summed E-state index contributed by atoms with van der Waals surface area (Å²) in [5.41, 5.74) is 3.67. The summed E-state index contributed by atoms with van der Waals surface area (Å²) in [6, 6.07) is 5.79. The lowest BCUT2D eigenvalue weighted by atomic mass is 9.96. The molecule has 0 atom stereocenters. The molecule has 4 heteroatoms. The van der Waals surface area contributed by atoms with E-state index >= 15 is 0 Å². The van der Waals surface area contributed by atoms with Gasteiger partial charge in [0, 0.05) is 4.88 Å². The van der Waals surface area contributed by atoms with Crippen molar-refractivity contribution in [3.05, 3.63) is 33.1 Å². The molecule has 0 aliphatic carbocycles. The minimum absolute atomic E-state index is 0.362. The summed E-state index contributed by atoms with van der Waals surface area (Å²) in [6.45, 7) is 4.23. The first-order chi connectivity index (χ1) is 8.15. The summed E-state index contributed by atoms with van der Waals surface area (Å²) >= 11 is 5.20. The van der Waals surface area contributed by atoms with Gasteiger partial charge >= 0.3 is 0 Å². The zero-order chi connectivity index (χ0) is 12.4. The summed E-state index contributed by atoms with van der Waals surface area (Å²) < 4.78 is 0.933. The van der Waals surface area contributed by atoms with Crippen LogP contribution in [0.4, 0.5) is 0 Å². The van der Waals surface area contributed by atoms with Crippen molar-refractivity contribution in [2.45, 2.75) is 26.7 Å². The molecule has 2 rings (SSSR count). The van der Waals surface area contributed by atoms with Gasteiger partial charge < -0.3 is 5.11 Å². The minimum Gasteiger partial charge on any atom is -0.508 e. The highest BCUT2D eigenvalue weighted by Gasteiger charge is 2.12. The predicted octanol–water partition coefficient (Wildman–Crippen LogP) is 5.04. The van der Waals surface area contributed by atoms with Gasteiger partial charge in [0.05, 0.1) is 0 Å². The molecule has 0 unspecified atom stereocenters. The molecule has 2 aromatic rings. The van der Waals surface area contributed by atoms with Crippen molar-refractivity contribution in [1.82, 2.24) is 0 Å². The zero-order valence-corrected chi connectivity index (χ0v) is 12.3. The Kier molecular flexibility index (Phi) is 3.97. The standard InChI is InChI=1S/C13H14OS3/c1-3-8-5-10(14)6-9(4-2)13(8)11-7-12(15)17-16-11/h5-7,14H,3-4H2,1-2H3. The quantitative estimate of drug-likeness (QED) is 0.629. The fourth-order valence-corrected chi connectivity index (χ4v) is 4.46. The van der Waals surface area contributed by atoms with E-state index in [9.17, 15) is 5.11 Å². The van der Waals surface area contributed by atoms with E-state index in [2.05, 4.69) is 19.9 Å². The van der Waals surface area contributed by atoms with Crippen molar-refractivity contribution in [1.29, 1.82) is 0 Å². The smallest absolute Gasteiger partial charge is 0.116 e. The summed E-state index contributed by atoms with van der Waals surface area (Å²) in [5.74, 6) is 0.362. The molecular formula is C13H14OS3. The number of phenolic OH excluding ortho intramolecular Hbond substituents is 1. The third kappa shape index (κ3) is 2.59. The van der Waals surface area contributed by atoms with Crippen LogP contribution in [0.5, 0.6) is 5.75 Å². The Bertz CT molecular complexity index is 555. The predicted molar refractivity (Wildman–Crippen MR) is 78.9 cm³/mol. The van der Waals surface area contributed by atoms with Gasteiger partial charge in [-0.3, -0.25) is 0 Å².